The molecule has 0 heterocycles. The van der Waals surface area contributed by atoms with E-state index >= 15 is 0 Å². The minimum Gasteiger partial charge on any atom is -0.394 e. The number of unbranched alkanes of at least 4 members (excludes halogenated alkanes) is 5. The van der Waals surface area contributed by atoms with Crippen LogP contribution in [0.25, 0.3) is 0 Å². The molecule has 1 N–H and O–H groups in total. The Hall–Kier alpha value is -1.10. The highest BCUT2D eigenvalue weighted by molar-refractivity contribution is 5.27. The minimum atomic E-state index is 0.0351. The Morgan fingerprint density at radius 1 is 0.447 bits per heavy atom. The summed E-state index contributed by atoms with van der Waals surface area (Å²) in [5.74, 6) is 0. The lowest BCUT2D eigenvalue weighted by molar-refractivity contribution is -0.0214. The van der Waals surface area contributed by atoms with Gasteiger partial charge in [0, 0.05) is 0 Å². The third-order valence-corrected chi connectivity index (χ3v) is 5.90. The van der Waals surface area contributed by atoms with E-state index in [0.717, 1.165) is 13.0 Å². The summed E-state index contributed by atoms with van der Waals surface area (Å²) < 4.78 is 38.2. The number of benzene rings is 1. The summed E-state index contributed by atoms with van der Waals surface area (Å²) in [6.45, 7) is 9.80. The zero-order valence-electron chi connectivity index (χ0n) is 23.9. The van der Waals surface area contributed by atoms with Crippen LogP contribution in [-0.2, 0) is 46.0 Å². The molecule has 38 heavy (non-hydrogen) atoms. The van der Waals surface area contributed by atoms with Gasteiger partial charge in [0.05, 0.1) is 99.1 Å². The molecule has 0 aromatic heterocycles. The maximum absolute atomic E-state index is 8.58. The molecule has 0 amide bonds. The van der Waals surface area contributed by atoms with Gasteiger partial charge in [-0.25, -0.2) is 0 Å². The first-order valence-electron chi connectivity index (χ1n) is 14.6. The van der Waals surface area contributed by atoms with Gasteiger partial charge in [0.2, 0.25) is 0 Å². The molecule has 0 saturated heterocycles. The fourth-order valence-electron chi connectivity index (χ4n) is 3.81. The molecule has 8 nitrogen and oxygen atoms in total. The lowest BCUT2D eigenvalue weighted by Crippen LogP contribution is -2.15. The van der Waals surface area contributed by atoms with Crippen molar-refractivity contribution < 1.29 is 38.3 Å². The van der Waals surface area contributed by atoms with E-state index in [1.54, 1.807) is 0 Å². The number of ether oxygens (including phenoxy) is 7. The monoisotopic (exact) mass is 542 g/mol. The molecule has 0 saturated carbocycles. The van der Waals surface area contributed by atoms with Crippen LogP contribution in [-0.4, -0.2) is 104 Å². The van der Waals surface area contributed by atoms with Gasteiger partial charge < -0.3 is 38.3 Å². The molecular formula is C30H54O8. The van der Waals surface area contributed by atoms with Crippen molar-refractivity contribution in [2.45, 2.75) is 58.3 Å². The van der Waals surface area contributed by atoms with Crippen molar-refractivity contribution in [1.29, 1.82) is 0 Å². The summed E-state index contributed by atoms with van der Waals surface area (Å²) in [7, 11) is 0. The van der Waals surface area contributed by atoms with Gasteiger partial charge in [-0.2, -0.15) is 0 Å². The number of aliphatic hydroxyl groups excluding tert-OH is 1. The van der Waals surface area contributed by atoms with Gasteiger partial charge in [0.25, 0.3) is 0 Å². The lowest BCUT2D eigenvalue weighted by Gasteiger charge is -2.10. The predicted molar refractivity (Wildman–Crippen MR) is 150 cm³/mol. The van der Waals surface area contributed by atoms with E-state index < -0.39 is 0 Å². The molecular weight excluding hydrogens is 488 g/mol. The molecule has 0 radical (unpaired) electrons. The van der Waals surface area contributed by atoms with E-state index in [9.17, 15) is 0 Å². The predicted octanol–water partition coefficient (Wildman–Crippen LogP) is 4.24. The topological polar surface area (TPSA) is 84.8 Å². The zero-order valence-corrected chi connectivity index (χ0v) is 23.9. The highest BCUT2D eigenvalue weighted by Gasteiger charge is 2.02. The number of aliphatic hydroxyl groups is 1. The van der Waals surface area contributed by atoms with Crippen LogP contribution in [0.1, 0.15) is 56.6 Å². The smallest absolute Gasteiger partial charge is 0.0701 e. The maximum atomic E-state index is 8.58. The first-order chi connectivity index (χ1) is 18.9. The highest BCUT2D eigenvalue weighted by atomic mass is 16.6. The third-order valence-electron chi connectivity index (χ3n) is 5.90. The van der Waals surface area contributed by atoms with Gasteiger partial charge in [0.15, 0.2) is 0 Å². The molecule has 1 aromatic rings. The molecule has 0 aliphatic rings. The van der Waals surface area contributed by atoms with Crippen molar-refractivity contribution in [2.75, 3.05) is 99.1 Å². The Bertz CT molecular complexity index is 601. The Morgan fingerprint density at radius 2 is 0.816 bits per heavy atom. The zero-order chi connectivity index (χ0) is 27.2. The molecule has 0 aliphatic heterocycles. The van der Waals surface area contributed by atoms with Gasteiger partial charge in [-0.3, -0.25) is 0 Å². The van der Waals surface area contributed by atoms with Crippen molar-refractivity contribution in [2.24, 2.45) is 0 Å². The summed E-state index contributed by atoms with van der Waals surface area (Å²) >= 11 is 0. The van der Waals surface area contributed by atoms with Gasteiger partial charge in [-0.15, -0.1) is 0 Å². The SMILES string of the molecule is CCCCCCCCc1ccccc1CCOCCOCCOCCOCCOCCOCCOCCO. The summed E-state index contributed by atoms with van der Waals surface area (Å²) in [5, 5.41) is 8.58. The largest absolute Gasteiger partial charge is 0.394 e. The first-order valence-corrected chi connectivity index (χ1v) is 14.6. The van der Waals surface area contributed by atoms with Gasteiger partial charge in [0.1, 0.15) is 0 Å². The number of aryl methyl sites for hydroxylation is 1. The van der Waals surface area contributed by atoms with Crippen LogP contribution in [0.5, 0.6) is 0 Å². The average Bonchev–Trinajstić information content (AvgIpc) is 2.94. The summed E-state index contributed by atoms with van der Waals surface area (Å²) in [4.78, 5) is 0. The Kier molecular flexibility index (Phi) is 26.6. The van der Waals surface area contributed by atoms with Crippen LogP contribution in [0.2, 0.25) is 0 Å². The Labute approximate surface area is 231 Å². The molecule has 8 heteroatoms. The molecule has 0 unspecified atom stereocenters. The second-order valence-electron chi connectivity index (χ2n) is 9.05. The third kappa shape index (κ3) is 22.8. The molecule has 1 rings (SSSR count). The fraction of sp³-hybridized carbons (Fsp3) is 0.800. The average molecular weight is 543 g/mol. The molecule has 0 atom stereocenters. The lowest BCUT2D eigenvalue weighted by atomic mass is 9.99. The van der Waals surface area contributed by atoms with Crippen molar-refractivity contribution >= 4 is 0 Å². The Morgan fingerprint density at radius 3 is 1.26 bits per heavy atom. The van der Waals surface area contributed by atoms with E-state index in [1.165, 1.54) is 56.1 Å². The molecule has 0 fully saturated rings. The van der Waals surface area contributed by atoms with Crippen molar-refractivity contribution in [3.8, 4) is 0 Å². The second-order valence-corrected chi connectivity index (χ2v) is 9.05. The van der Waals surface area contributed by atoms with Crippen LogP contribution < -0.4 is 0 Å². The van der Waals surface area contributed by atoms with E-state index in [-0.39, 0.29) is 6.61 Å². The van der Waals surface area contributed by atoms with Crippen molar-refractivity contribution in [3.63, 3.8) is 0 Å². The van der Waals surface area contributed by atoms with Crippen LogP contribution in [0.4, 0.5) is 0 Å². The highest BCUT2D eigenvalue weighted by Crippen LogP contribution is 2.15. The second kappa shape index (κ2) is 28.9. The normalized spacial score (nSPS) is 11.4. The number of rotatable bonds is 30. The van der Waals surface area contributed by atoms with Crippen LogP contribution in [0.15, 0.2) is 24.3 Å². The van der Waals surface area contributed by atoms with Gasteiger partial charge >= 0.3 is 0 Å². The first kappa shape index (κ1) is 34.9. The summed E-state index contributed by atoms with van der Waals surface area (Å²) in [6, 6.07) is 8.77. The van der Waals surface area contributed by atoms with Gasteiger partial charge in [-0.05, 0) is 30.4 Å². The fourth-order valence-corrected chi connectivity index (χ4v) is 3.81. The Balaban J connectivity index is 1.82. The van der Waals surface area contributed by atoms with Gasteiger partial charge in [-0.1, -0.05) is 63.3 Å². The summed E-state index contributed by atoms with van der Waals surface area (Å²) in [6.07, 6.45) is 10.1. The van der Waals surface area contributed by atoms with Crippen LogP contribution >= 0.6 is 0 Å². The minimum absolute atomic E-state index is 0.0351. The molecule has 222 valence electrons. The number of hydrogen-bond donors (Lipinski definition) is 1. The molecule has 0 spiro atoms. The summed E-state index contributed by atoms with van der Waals surface area (Å²) in [5.41, 5.74) is 2.88. The molecule has 1 aromatic carbocycles. The standard InChI is InChI=1S/C30H54O8/c1-2-3-4-5-6-7-10-29-11-8-9-12-30(29)13-15-32-17-19-34-21-23-36-25-27-38-28-26-37-24-22-35-20-18-33-16-14-31/h8-9,11-12,31H,2-7,10,13-28H2,1H3. The maximum Gasteiger partial charge on any atom is 0.0701 e. The van der Waals surface area contributed by atoms with E-state index in [2.05, 4.69) is 31.2 Å². The van der Waals surface area contributed by atoms with Crippen molar-refractivity contribution in [3.05, 3.63) is 35.4 Å². The molecule has 0 bridgehead atoms. The van der Waals surface area contributed by atoms with Crippen LogP contribution in [0.3, 0.4) is 0 Å². The quantitative estimate of drug-likeness (QED) is 0.145. The van der Waals surface area contributed by atoms with E-state index in [4.69, 9.17) is 38.3 Å². The van der Waals surface area contributed by atoms with Crippen LogP contribution in [0, 0.1) is 0 Å². The van der Waals surface area contributed by atoms with E-state index in [0.29, 0.717) is 85.9 Å². The number of hydrogen-bond acceptors (Lipinski definition) is 8. The van der Waals surface area contributed by atoms with Crippen molar-refractivity contribution in [1.82, 2.24) is 0 Å². The molecule has 0 aliphatic carbocycles. The van der Waals surface area contributed by atoms with E-state index in [1.807, 2.05) is 0 Å².